The van der Waals surface area contributed by atoms with Crippen LogP contribution in [0, 0.1) is 5.92 Å². The Morgan fingerprint density at radius 1 is 1.04 bits per heavy atom. The average molecular weight is 346 g/mol. The summed E-state index contributed by atoms with van der Waals surface area (Å²) in [5, 5.41) is 22.9. The number of piperidine rings is 1. The number of carbonyl (C=O) groups is 2. The van der Waals surface area contributed by atoms with Crippen LogP contribution in [-0.2, 0) is 10.4 Å². The summed E-state index contributed by atoms with van der Waals surface area (Å²) in [6, 6.07) is 9.65. The molecule has 3 N–H and O–H groups in total. The molecule has 2 fully saturated rings. The Labute approximate surface area is 147 Å². The van der Waals surface area contributed by atoms with Gasteiger partial charge in [-0.3, -0.25) is 4.79 Å². The minimum Gasteiger partial charge on any atom is -0.481 e. The lowest BCUT2D eigenvalue weighted by atomic mass is 9.78. The first-order valence-electron chi connectivity index (χ1n) is 9.04. The molecule has 0 aromatic heterocycles. The molecule has 1 heterocycles. The summed E-state index contributed by atoms with van der Waals surface area (Å²) in [7, 11) is 0. The van der Waals surface area contributed by atoms with Gasteiger partial charge < -0.3 is 20.4 Å². The summed E-state index contributed by atoms with van der Waals surface area (Å²) in [5.74, 6) is -1.10. The number of likely N-dealkylation sites (tertiary alicyclic amines) is 1. The van der Waals surface area contributed by atoms with Crippen LogP contribution in [0.25, 0.3) is 0 Å². The summed E-state index contributed by atoms with van der Waals surface area (Å²) in [6.07, 6.45) is 3.76. The van der Waals surface area contributed by atoms with Gasteiger partial charge in [0.2, 0.25) is 0 Å². The molecule has 0 atom stereocenters. The van der Waals surface area contributed by atoms with Gasteiger partial charge in [0.1, 0.15) is 0 Å². The minimum atomic E-state index is -0.803. The van der Waals surface area contributed by atoms with E-state index in [1.54, 1.807) is 4.90 Å². The van der Waals surface area contributed by atoms with E-state index in [1.165, 1.54) is 0 Å². The van der Waals surface area contributed by atoms with Gasteiger partial charge >= 0.3 is 12.0 Å². The molecule has 1 saturated carbocycles. The molecular formula is C19H26N2O4. The molecule has 6 nitrogen and oxygen atoms in total. The first kappa shape index (κ1) is 17.7. The smallest absolute Gasteiger partial charge is 0.317 e. The maximum atomic E-state index is 12.4. The topological polar surface area (TPSA) is 89.9 Å². The fourth-order valence-electron chi connectivity index (χ4n) is 3.87. The minimum absolute atomic E-state index is 0.0636. The Bertz CT molecular complexity index is 603. The Morgan fingerprint density at radius 3 is 2.20 bits per heavy atom. The highest BCUT2D eigenvalue weighted by Crippen LogP contribution is 2.37. The molecule has 136 valence electrons. The number of carboxylic acid groups (broad SMARTS) is 1. The van der Waals surface area contributed by atoms with Crippen molar-refractivity contribution in [2.45, 2.75) is 50.2 Å². The number of nitrogens with zero attached hydrogens (tertiary/aromatic N) is 1. The number of benzene rings is 1. The maximum Gasteiger partial charge on any atom is 0.317 e. The summed E-state index contributed by atoms with van der Waals surface area (Å²) in [5.41, 5.74) is 0.137. The molecule has 2 amide bonds. The molecule has 3 rings (SSSR count). The Morgan fingerprint density at radius 2 is 1.64 bits per heavy atom. The third-order valence-electron chi connectivity index (χ3n) is 5.58. The first-order chi connectivity index (χ1) is 12.0. The largest absolute Gasteiger partial charge is 0.481 e. The van der Waals surface area contributed by atoms with Gasteiger partial charge in [-0.05, 0) is 44.1 Å². The zero-order valence-corrected chi connectivity index (χ0v) is 14.4. The van der Waals surface area contributed by atoms with Crippen molar-refractivity contribution in [2.24, 2.45) is 5.92 Å². The van der Waals surface area contributed by atoms with E-state index >= 15 is 0 Å². The normalized spacial score (nSPS) is 27.7. The molecule has 0 bridgehead atoms. The molecule has 2 aliphatic rings. The number of aliphatic hydroxyl groups is 1. The molecule has 1 aromatic rings. The predicted octanol–water partition coefficient (Wildman–Crippen LogP) is 2.32. The highest BCUT2D eigenvalue weighted by atomic mass is 16.4. The van der Waals surface area contributed by atoms with Crippen LogP contribution < -0.4 is 5.32 Å². The first-order valence-corrected chi connectivity index (χ1v) is 9.04. The van der Waals surface area contributed by atoms with E-state index in [1.807, 2.05) is 30.3 Å². The molecule has 1 aliphatic heterocycles. The molecule has 1 aliphatic carbocycles. The predicted molar refractivity (Wildman–Crippen MR) is 93.1 cm³/mol. The number of carboxylic acids is 1. The van der Waals surface area contributed by atoms with E-state index < -0.39 is 11.6 Å². The number of hydrogen-bond acceptors (Lipinski definition) is 3. The summed E-state index contributed by atoms with van der Waals surface area (Å²) < 4.78 is 0. The summed E-state index contributed by atoms with van der Waals surface area (Å²) >= 11 is 0. The maximum absolute atomic E-state index is 12.4. The second kappa shape index (κ2) is 7.44. The quantitative estimate of drug-likeness (QED) is 0.783. The number of aliphatic carboxylic acids is 1. The van der Waals surface area contributed by atoms with Crippen LogP contribution in [0.15, 0.2) is 30.3 Å². The lowest BCUT2D eigenvalue weighted by molar-refractivity contribution is -0.143. The van der Waals surface area contributed by atoms with Crippen LogP contribution in [0.4, 0.5) is 4.79 Å². The van der Waals surface area contributed by atoms with Crippen molar-refractivity contribution in [3.05, 3.63) is 35.9 Å². The van der Waals surface area contributed by atoms with Gasteiger partial charge in [-0.2, -0.15) is 0 Å². The van der Waals surface area contributed by atoms with Gasteiger partial charge in [-0.1, -0.05) is 30.3 Å². The van der Waals surface area contributed by atoms with E-state index in [0.717, 1.165) is 18.4 Å². The van der Waals surface area contributed by atoms with E-state index in [4.69, 9.17) is 5.11 Å². The van der Waals surface area contributed by atoms with Crippen molar-refractivity contribution in [1.29, 1.82) is 0 Å². The van der Waals surface area contributed by atoms with Crippen LogP contribution in [0.5, 0.6) is 0 Å². The number of urea groups is 1. The van der Waals surface area contributed by atoms with E-state index in [0.29, 0.717) is 38.8 Å². The fraction of sp³-hybridized carbons (Fsp3) is 0.579. The summed E-state index contributed by atoms with van der Waals surface area (Å²) in [6.45, 7) is 0.979. The SMILES string of the molecule is O=C(O)C1CCN(C(=O)NC2CCC(O)(c3ccccc3)CC2)CC1. The highest BCUT2D eigenvalue weighted by Gasteiger charge is 2.36. The van der Waals surface area contributed by atoms with Gasteiger partial charge in [0.15, 0.2) is 0 Å². The second-order valence-electron chi connectivity index (χ2n) is 7.22. The number of hydrogen-bond donors (Lipinski definition) is 3. The monoisotopic (exact) mass is 346 g/mol. The summed E-state index contributed by atoms with van der Waals surface area (Å²) in [4.78, 5) is 25.1. The Balaban J connectivity index is 1.48. The zero-order valence-electron chi connectivity index (χ0n) is 14.4. The number of carbonyl (C=O) groups excluding carboxylic acids is 1. The number of amides is 2. The van der Waals surface area contributed by atoms with E-state index in [-0.39, 0.29) is 18.0 Å². The molecule has 0 spiro atoms. The lowest BCUT2D eigenvalue weighted by Crippen LogP contribution is -2.50. The van der Waals surface area contributed by atoms with Gasteiger partial charge in [-0.15, -0.1) is 0 Å². The fourth-order valence-corrected chi connectivity index (χ4v) is 3.87. The number of rotatable bonds is 3. The molecule has 0 radical (unpaired) electrons. The third-order valence-corrected chi connectivity index (χ3v) is 5.58. The van der Waals surface area contributed by atoms with Gasteiger partial charge in [0, 0.05) is 19.1 Å². The van der Waals surface area contributed by atoms with Crippen molar-refractivity contribution in [2.75, 3.05) is 13.1 Å². The number of nitrogens with one attached hydrogen (secondary N) is 1. The van der Waals surface area contributed by atoms with Crippen LogP contribution >= 0.6 is 0 Å². The van der Waals surface area contributed by atoms with Crippen molar-refractivity contribution >= 4 is 12.0 Å². The molecule has 1 aromatic carbocycles. The van der Waals surface area contributed by atoms with Gasteiger partial charge in [0.05, 0.1) is 11.5 Å². The van der Waals surface area contributed by atoms with Crippen molar-refractivity contribution in [1.82, 2.24) is 10.2 Å². The molecule has 0 unspecified atom stereocenters. The van der Waals surface area contributed by atoms with Crippen LogP contribution in [0.1, 0.15) is 44.1 Å². The second-order valence-corrected chi connectivity index (χ2v) is 7.22. The van der Waals surface area contributed by atoms with Crippen molar-refractivity contribution < 1.29 is 19.8 Å². The van der Waals surface area contributed by atoms with Crippen LogP contribution in [0.2, 0.25) is 0 Å². The van der Waals surface area contributed by atoms with Gasteiger partial charge in [0.25, 0.3) is 0 Å². The van der Waals surface area contributed by atoms with E-state index in [9.17, 15) is 14.7 Å². The molecule has 6 heteroatoms. The molecular weight excluding hydrogens is 320 g/mol. The molecule has 1 saturated heterocycles. The van der Waals surface area contributed by atoms with Crippen molar-refractivity contribution in [3.63, 3.8) is 0 Å². The average Bonchev–Trinajstić information content (AvgIpc) is 2.64. The van der Waals surface area contributed by atoms with Crippen LogP contribution in [-0.4, -0.2) is 46.2 Å². The van der Waals surface area contributed by atoms with Gasteiger partial charge in [-0.25, -0.2) is 4.79 Å². The lowest BCUT2D eigenvalue weighted by Gasteiger charge is -2.38. The van der Waals surface area contributed by atoms with Crippen molar-refractivity contribution in [3.8, 4) is 0 Å². The van der Waals surface area contributed by atoms with Crippen LogP contribution in [0.3, 0.4) is 0 Å². The third kappa shape index (κ3) is 4.12. The Hall–Kier alpha value is -2.08. The Kier molecular flexibility index (Phi) is 5.27. The highest BCUT2D eigenvalue weighted by molar-refractivity contribution is 5.75. The molecule has 25 heavy (non-hydrogen) atoms. The standard InChI is InChI=1S/C19H26N2O4/c22-17(23)14-8-12-21(13-9-14)18(24)20-16-6-10-19(25,11-7-16)15-4-2-1-3-5-15/h1-5,14,16,25H,6-13H2,(H,20,24)(H,22,23). The van der Waals surface area contributed by atoms with E-state index in [2.05, 4.69) is 5.32 Å². The zero-order chi connectivity index (χ0) is 17.9.